The van der Waals surface area contributed by atoms with E-state index in [2.05, 4.69) is 16.7 Å². The van der Waals surface area contributed by atoms with Crippen molar-refractivity contribution >= 4 is 11.8 Å². The van der Waals surface area contributed by atoms with Crippen LogP contribution in [0.1, 0.15) is 48.0 Å². The van der Waals surface area contributed by atoms with Crippen LogP contribution in [0.5, 0.6) is 0 Å². The lowest BCUT2D eigenvalue weighted by Crippen LogP contribution is -2.37. The quantitative estimate of drug-likeness (QED) is 0.794. The highest BCUT2D eigenvalue weighted by Crippen LogP contribution is 2.19. The smallest absolute Gasteiger partial charge is 0.251 e. The van der Waals surface area contributed by atoms with Crippen molar-refractivity contribution in [2.45, 2.75) is 39.0 Å². The van der Waals surface area contributed by atoms with Crippen molar-refractivity contribution in [2.24, 2.45) is 0 Å². The van der Waals surface area contributed by atoms with Gasteiger partial charge in [0.1, 0.15) is 0 Å². The molecule has 4 heteroatoms. The zero-order chi connectivity index (χ0) is 15.8. The van der Waals surface area contributed by atoms with Crippen molar-refractivity contribution in [1.29, 1.82) is 0 Å². The molecule has 0 heterocycles. The van der Waals surface area contributed by atoms with E-state index in [1.165, 1.54) is 18.4 Å². The minimum absolute atomic E-state index is 0.0201. The van der Waals surface area contributed by atoms with Crippen LogP contribution in [0.25, 0.3) is 0 Å². The van der Waals surface area contributed by atoms with E-state index < -0.39 is 0 Å². The maximum Gasteiger partial charge on any atom is 0.251 e. The van der Waals surface area contributed by atoms with Gasteiger partial charge < -0.3 is 10.6 Å². The molecule has 0 fully saturated rings. The predicted molar refractivity (Wildman–Crippen MR) is 87.7 cm³/mol. The number of nitrogens with one attached hydrogen (secondary N) is 2. The molecule has 1 aliphatic carbocycles. The lowest BCUT2D eigenvalue weighted by atomic mass is 9.97. The third-order valence-corrected chi connectivity index (χ3v) is 3.95. The van der Waals surface area contributed by atoms with Gasteiger partial charge >= 0.3 is 0 Å². The van der Waals surface area contributed by atoms with Gasteiger partial charge in [-0.15, -0.1) is 0 Å². The summed E-state index contributed by atoms with van der Waals surface area (Å²) in [4.78, 5) is 23.8. The molecule has 0 saturated carbocycles. The standard InChI is InChI=1S/C18H24N2O2/c1-14-7-5-6-10-16(14)18(22)20-13-17(21)19-12-11-15-8-3-2-4-9-15/h5-8,10H,2-4,9,11-13H2,1H3,(H,19,21)(H,20,22). The van der Waals surface area contributed by atoms with Crippen LogP contribution in [0.2, 0.25) is 0 Å². The zero-order valence-electron chi connectivity index (χ0n) is 13.2. The molecule has 0 aliphatic heterocycles. The molecule has 22 heavy (non-hydrogen) atoms. The SMILES string of the molecule is Cc1ccccc1C(=O)NCC(=O)NCCC1=CCCCC1. The summed E-state index contributed by atoms with van der Waals surface area (Å²) in [6.45, 7) is 2.55. The highest BCUT2D eigenvalue weighted by molar-refractivity contribution is 5.97. The Bertz CT molecular complexity index is 564. The van der Waals surface area contributed by atoms with Crippen molar-refractivity contribution in [3.8, 4) is 0 Å². The van der Waals surface area contributed by atoms with Crippen molar-refractivity contribution < 1.29 is 9.59 Å². The van der Waals surface area contributed by atoms with E-state index in [9.17, 15) is 9.59 Å². The van der Waals surface area contributed by atoms with Gasteiger partial charge in [-0.2, -0.15) is 0 Å². The van der Waals surface area contributed by atoms with Gasteiger partial charge in [-0.1, -0.05) is 29.8 Å². The second kappa shape index (κ2) is 8.37. The van der Waals surface area contributed by atoms with Gasteiger partial charge in [-0.3, -0.25) is 9.59 Å². The molecule has 1 aromatic carbocycles. The van der Waals surface area contributed by atoms with Crippen LogP contribution >= 0.6 is 0 Å². The van der Waals surface area contributed by atoms with Crippen LogP contribution in [-0.4, -0.2) is 24.9 Å². The van der Waals surface area contributed by atoms with Crippen LogP contribution in [0, 0.1) is 6.92 Å². The lowest BCUT2D eigenvalue weighted by molar-refractivity contribution is -0.120. The van der Waals surface area contributed by atoms with E-state index in [1.54, 1.807) is 6.07 Å². The molecule has 0 atom stereocenters. The Hall–Kier alpha value is -2.10. The Morgan fingerprint density at radius 2 is 1.95 bits per heavy atom. The Kier molecular flexibility index (Phi) is 6.19. The van der Waals surface area contributed by atoms with E-state index in [0.717, 1.165) is 24.8 Å². The molecule has 0 radical (unpaired) electrons. The number of benzene rings is 1. The summed E-state index contributed by atoms with van der Waals surface area (Å²) in [6.07, 6.45) is 8.05. The summed E-state index contributed by atoms with van der Waals surface area (Å²) in [5.41, 5.74) is 2.96. The molecule has 0 saturated heterocycles. The van der Waals surface area contributed by atoms with Gasteiger partial charge in [0.25, 0.3) is 5.91 Å². The number of hydrogen-bond acceptors (Lipinski definition) is 2. The van der Waals surface area contributed by atoms with Crippen molar-refractivity contribution in [1.82, 2.24) is 10.6 Å². The highest BCUT2D eigenvalue weighted by atomic mass is 16.2. The molecule has 2 amide bonds. The topological polar surface area (TPSA) is 58.2 Å². The molecule has 1 aliphatic rings. The predicted octanol–water partition coefficient (Wildman–Crippen LogP) is 2.73. The van der Waals surface area contributed by atoms with E-state index in [-0.39, 0.29) is 18.4 Å². The van der Waals surface area contributed by atoms with Gasteiger partial charge in [0, 0.05) is 12.1 Å². The minimum Gasteiger partial charge on any atom is -0.354 e. The monoisotopic (exact) mass is 300 g/mol. The number of hydrogen-bond donors (Lipinski definition) is 2. The molecular formula is C18H24N2O2. The Morgan fingerprint density at radius 3 is 2.68 bits per heavy atom. The fourth-order valence-electron chi connectivity index (χ4n) is 2.64. The summed E-state index contributed by atoms with van der Waals surface area (Å²) in [5, 5.41) is 5.52. The minimum atomic E-state index is -0.205. The van der Waals surface area contributed by atoms with Gasteiger partial charge in [0.15, 0.2) is 0 Å². The van der Waals surface area contributed by atoms with E-state index >= 15 is 0 Å². The molecule has 0 aromatic heterocycles. The van der Waals surface area contributed by atoms with Gasteiger partial charge in [-0.05, 0) is 50.7 Å². The summed E-state index contributed by atoms with van der Waals surface area (Å²) in [6, 6.07) is 7.35. The van der Waals surface area contributed by atoms with E-state index in [4.69, 9.17) is 0 Å². The van der Waals surface area contributed by atoms with Gasteiger partial charge in [-0.25, -0.2) is 0 Å². The molecule has 4 nitrogen and oxygen atoms in total. The zero-order valence-corrected chi connectivity index (χ0v) is 13.2. The maximum atomic E-state index is 12.0. The Balaban J connectivity index is 1.68. The summed E-state index contributed by atoms with van der Waals surface area (Å²) >= 11 is 0. The van der Waals surface area contributed by atoms with Gasteiger partial charge in [0.2, 0.25) is 5.91 Å². The van der Waals surface area contributed by atoms with Crippen molar-refractivity contribution in [3.05, 3.63) is 47.0 Å². The number of carbonyl (C=O) groups excluding carboxylic acids is 2. The van der Waals surface area contributed by atoms with Crippen LogP contribution in [0.4, 0.5) is 0 Å². The first-order chi connectivity index (χ1) is 10.7. The first-order valence-electron chi connectivity index (χ1n) is 7.95. The first kappa shape index (κ1) is 16.3. The van der Waals surface area contributed by atoms with E-state index in [0.29, 0.717) is 12.1 Å². The number of rotatable bonds is 6. The molecule has 2 rings (SSSR count). The van der Waals surface area contributed by atoms with Crippen molar-refractivity contribution in [3.63, 3.8) is 0 Å². The molecular weight excluding hydrogens is 276 g/mol. The number of amides is 2. The fourth-order valence-corrected chi connectivity index (χ4v) is 2.64. The third kappa shape index (κ3) is 5.02. The fraction of sp³-hybridized carbons (Fsp3) is 0.444. The lowest BCUT2D eigenvalue weighted by Gasteiger charge is -2.13. The van der Waals surface area contributed by atoms with Crippen LogP contribution in [0.15, 0.2) is 35.9 Å². The van der Waals surface area contributed by atoms with Gasteiger partial charge in [0.05, 0.1) is 6.54 Å². The molecule has 2 N–H and O–H groups in total. The normalized spacial score (nSPS) is 14.1. The maximum absolute atomic E-state index is 12.0. The average molecular weight is 300 g/mol. The van der Waals surface area contributed by atoms with Crippen LogP contribution in [-0.2, 0) is 4.79 Å². The first-order valence-corrected chi connectivity index (χ1v) is 7.95. The molecule has 0 bridgehead atoms. The summed E-state index contributed by atoms with van der Waals surface area (Å²) < 4.78 is 0. The van der Waals surface area contributed by atoms with Crippen LogP contribution in [0.3, 0.4) is 0 Å². The number of allylic oxidation sites excluding steroid dienone is 1. The second-order valence-electron chi connectivity index (χ2n) is 5.71. The Labute approximate surface area is 132 Å². The number of carbonyl (C=O) groups is 2. The highest BCUT2D eigenvalue weighted by Gasteiger charge is 2.10. The molecule has 1 aromatic rings. The van der Waals surface area contributed by atoms with Crippen molar-refractivity contribution in [2.75, 3.05) is 13.1 Å². The Morgan fingerprint density at radius 1 is 1.14 bits per heavy atom. The summed E-state index contributed by atoms with van der Waals surface area (Å²) in [5.74, 6) is -0.346. The largest absolute Gasteiger partial charge is 0.354 e. The second-order valence-corrected chi connectivity index (χ2v) is 5.71. The van der Waals surface area contributed by atoms with E-state index in [1.807, 2.05) is 25.1 Å². The average Bonchev–Trinajstić information content (AvgIpc) is 2.54. The third-order valence-electron chi connectivity index (χ3n) is 3.95. The molecule has 118 valence electrons. The summed E-state index contributed by atoms with van der Waals surface area (Å²) in [7, 11) is 0. The van der Waals surface area contributed by atoms with Crippen LogP contribution < -0.4 is 10.6 Å². The number of aryl methyl sites for hydroxylation is 1. The molecule has 0 spiro atoms. The molecule has 0 unspecified atom stereocenters.